The van der Waals surface area contributed by atoms with Crippen LogP contribution in [-0.4, -0.2) is 25.1 Å². The number of amides is 1. The van der Waals surface area contributed by atoms with Crippen LogP contribution in [0.2, 0.25) is 0 Å². The molecule has 0 aliphatic heterocycles. The maximum atomic E-state index is 13.4. The van der Waals surface area contributed by atoms with Crippen LogP contribution in [0.25, 0.3) is 21.6 Å². The van der Waals surface area contributed by atoms with Crippen molar-refractivity contribution in [2.75, 3.05) is 5.32 Å². The Labute approximate surface area is 166 Å². The van der Waals surface area contributed by atoms with E-state index in [-0.39, 0.29) is 11.3 Å². The van der Waals surface area contributed by atoms with Gasteiger partial charge in [-0.15, -0.1) is 0 Å². The van der Waals surface area contributed by atoms with E-state index in [1.807, 2.05) is 24.3 Å². The number of aromatic nitrogens is 4. The molecular weight excluding hydrogens is 393 g/mol. The molecule has 2 aromatic carbocycles. The molecule has 5 rings (SSSR count). The molecule has 0 unspecified atom stereocenters. The Morgan fingerprint density at radius 3 is 2.66 bits per heavy atom. The Morgan fingerprint density at radius 2 is 1.86 bits per heavy atom. The quantitative estimate of drug-likeness (QED) is 0.498. The highest BCUT2D eigenvalue weighted by molar-refractivity contribution is 7.22. The Balaban J connectivity index is 1.64. The van der Waals surface area contributed by atoms with Crippen molar-refractivity contribution in [1.82, 2.24) is 19.2 Å². The highest BCUT2D eigenvalue weighted by atomic mass is 32.1. The standard InChI is InChI=1S/C20H12FN5O2S/c21-12-5-7-13(8-6-12)25-15(11-17-22-10-9-18(27)26(17)25)19(28)24-20-23-14-3-1-2-4-16(14)29-20/h1-11H,(H,23,24,28). The van der Waals surface area contributed by atoms with Gasteiger partial charge in [-0.05, 0) is 36.4 Å². The normalized spacial score (nSPS) is 11.2. The number of rotatable bonds is 3. The topological polar surface area (TPSA) is 81.3 Å². The predicted octanol–water partition coefficient (Wildman–Crippen LogP) is 3.49. The molecule has 3 aromatic heterocycles. The molecule has 1 N–H and O–H groups in total. The van der Waals surface area contributed by atoms with Crippen LogP contribution in [0.5, 0.6) is 0 Å². The lowest BCUT2D eigenvalue weighted by atomic mass is 10.3. The zero-order valence-electron chi connectivity index (χ0n) is 14.7. The number of para-hydroxylation sites is 1. The third kappa shape index (κ3) is 2.97. The van der Waals surface area contributed by atoms with E-state index >= 15 is 0 Å². The number of nitrogens with one attached hydrogen (secondary N) is 1. The van der Waals surface area contributed by atoms with Crippen LogP contribution in [0, 0.1) is 5.82 Å². The molecular formula is C20H12FN5O2S. The molecule has 5 aromatic rings. The van der Waals surface area contributed by atoms with Crippen LogP contribution < -0.4 is 10.9 Å². The second-order valence-electron chi connectivity index (χ2n) is 6.21. The minimum atomic E-state index is -0.460. The fraction of sp³-hybridized carbons (Fsp3) is 0. The third-order valence-corrected chi connectivity index (χ3v) is 5.31. The number of thiazole rings is 1. The third-order valence-electron chi connectivity index (χ3n) is 4.36. The van der Waals surface area contributed by atoms with Crippen LogP contribution in [0.15, 0.2) is 71.7 Å². The Kier molecular flexibility index (Phi) is 3.95. The molecule has 3 heterocycles. The van der Waals surface area contributed by atoms with Gasteiger partial charge in [0.1, 0.15) is 11.5 Å². The lowest BCUT2D eigenvalue weighted by molar-refractivity contribution is 0.101. The predicted molar refractivity (Wildman–Crippen MR) is 108 cm³/mol. The maximum absolute atomic E-state index is 13.4. The molecule has 0 fully saturated rings. The molecule has 142 valence electrons. The monoisotopic (exact) mass is 405 g/mol. The summed E-state index contributed by atoms with van der Waals surface area (Å²) in [5, 5.41) is 3.22. The number of halogens is 1. The van der Waals surface area contributed by atoms with E-state index in [0.717, 1.165) is 10.2 Å². The van der Waals surface area contributed by atoms with Crippen LogP contribution in [0.3, 0.4) is 0 Å². The SMILES string of the molecule is O=C(Nc1nc2ccccc2s1)c1cc2nccc(=O)n2n1-c1ccc(F)cc1. The smallest absolute Gasteiger partial charge is 0.276 e. The van der Waals surface area contributed by atoms with Crippen molar-refractivity contribution >= 4 is 38.2 Å². The van der Waals surface area contributed by atoms with E-state index in [1.165, 1.54) is 63.1 Å². The zero-order chi connectivity index (χ0) is 20.0. The molecule has 0 radical (unpaired) electrons. The first kappa shape index (κ1) is 17.3. The van der Waals surface area contributed by atoms with Crippen molar-refractivity contribution in [2.45, 2.75) is 0 Å². The fourth-order valence-corrected chi connectivity index (χ4v) is 3.95. The minimum Gasteiger partial charge on any atom is -0.296 e. The molecule has 0 saturated heterocycles. The van der Waals surface area contributed by atoms with E-state index in [0.29, 0.717) is 16.5 Å². The Bertz CT molecular complexity index is 1400. The summed E-state index contributed by atoms with van der Waals surface area (Å²) in [6, 6.07) is 15.9. The van der Waals surface area contributed by atoms with Gasteiger partial charge in [0.15, 0.2) is 10.8 Å². The highest BCUT2D eigenvalue weighted by Crippen LogP contribution is 2.26. The molecule has 7 nitrogen and oxygen atoms in total. The first-order chi connectivity index (χ1) is 14.1. The summed E-state index contributed by atoms with van der Waals surface area (Å²) in [6.07, 6.45) is 1.38. The fourth-order valence-electron chi connectivity index (χ4n) is 3.09. The number of carbonyl (C=O) groups is 1. The van der Waals surface area contributed by atoms with E-state index in [9.17, 15) is 14.0 Å². The van der Waals surface area contributed by atoms with E-state index in [1.54, 1.807) is 0 Å². The van der Waals surface area contributed by atoms with Crippen LogP contribution in [0.4, 0.5) is 9.52 Å². The lowest BCUT2D eigenvalue weighted by Crippen LogP contribution is -2.23. The van der Waals surface area contributed by atoms with Crippen molar-refractivity contribution in [3.63, 3.8) is 0 Å². The number of hydrogen-bond donors (Lipinski definition) is 1. The summed E-state index contributed by atoms with van der Waals surface area (Å²) in [5.41, 5.74) is 1.34. The number of benzene rings is 2. The molecule has 0 atom stereocenters. The Hall–Kier alpha value is -3.85. The number of carbonyl (C=O) groups excluding carboxylic acids is 1. The van der Waals surface area contributed by atoms with Gasteiger partial charge in [-0.2, -0.15) is 4.52 Å². The van der Waals surface area contributed by atoms with Gasteiger partial charge in [0, 0.05) is 18.3 Å². The minimum absolute atomic E-state index is 0.173. The number of fused-ring (bicyclic) bond motifs is 2. The summed E-state index contributed by atoms with van der Waals surface area (Å²) in [6.45, 7) is 0. The number of anilines is 1. The van der Waals surface area contributed by atoms with E-state index in [2.05, 4.69) is 15.3 Å². The van der Waals surface area contributed by atoms with Gasteiger partial charge in [0.25, 0.3) is 11.5 Å². The average molecular weight is 405 g/mol. The second kappa shape index (κ2) is 6.64. The van der Waals surface area contributed by atoms with Crippen molar-refractivity contribution in [3.05, 3.63) is 88.7 Å². The van der Waals surface area contributed by atoms with Crippen LogP contribution >= 0.6 is 11.3 Å². The van der Waals surface area contributed by atoms with Crippen molar-refractivity contribution in [1.29, 1.82) is 0 Å². The molecule has 1 amide bonds. The van der Waals surface area contributed by atoms with Gasteiger partial charge in [-0.3, -0.25) is 14.9 Å². The van der Waals surface area contributed by atoms with Crippen molar-refractivity contribution in [3.8, 4) is 5.69 Å². The summed E-state index contributed by atoms with van der Waals surface area (Å²) in [4.78, 5) is 34.1. The van der Waals surface area contributed by atoms with E-state index in [4.69, 9.17) is 0 Å². The summed E-state index contributed by atoms with van der Waals surface area (Å²) in [5.74, 6) is -0.880. The van der Waals surface area contributed by atoms with E-state index < -0.39 is 11.7 Å². The largest absolute Gasteiger partial charge is 0.296 e. The first-order valence-electron chi connectivity index (χ1n) is 8.63. The first-order valence-corrected chi connectivity index (χ1v) is 9.44. The van der Waals surface area contributed by atoms with Crippen LogP contribution in [0.1, 0.15) is 10.5 Å². The molecule has 29 heavy (non-hydrogen) atoms. The van der Waals surface area contributed by atoms with Gasteiger partial charge in [0.2, 0.25) is 0 Å². The molecule has 0 aliphatic carbocycles. The van der Waals surface area contributed by atoms with Gasteiger partial charge in [-0.1, -0.05) is 23.5 Å². The molecule has 0 spiro atoms. The number of nitrogens with zero attached hydrogens (tertiary/aromatic N) is 4. The number of hydrogen-bond acceptors (Lipinski definition) is 5. The zero-order valence-corrected chi connectivity index (χ0v) is 15.6. The maximum Gasteiger partial charge on any atom is 0.276 e. The summed E-state index contributed by atoms with van der Waals surface area (Å²) >= 11 is 1.35. The van der Waals surface area contributed by atoms with Gasteiger partial charge >= 0.3 is 0 Å². The average Bonchev–Trinajstić information content (AvgIpc) is 3.30. The lowest BCUT2D eigenvalue weighted by Gasteiger charge is -2.10. The molecule has 0 saturated carbocycles. The summed E-state index contributed by atoms with van der Waals surface area (Å²) in [7, 11) is 0. The van der Waals surface area contributed by atoms with Gasteiger partial charge in [0.05, 0.1) is 15.9 Å². The second-order valence-corrected chi connectivity index (χ2v) is 7.24. The Morgan fingerprint density at radius 1 is 1.07 bits per heavy atom. The van der Waals surface area contributed by atoms with Gasteiger partial charge in [-0.25, -0.2) is 19.0 Å². The molecule has 0 aliphatic rings. The highest BCUT2D eigenvalue weighted by Gasteiger charge is 2.20. The molecule has 9 heteroatoms. The summed E-state index contributed by atoms with van der Waals surface area (Å²) < 4.78 is 17.0. The van der Waals surface area contributed by atoms with Crippen LogP contribution in [-0.2, 0) is 0 Å². The van der Waals surface area contributed by atoms with Gasteiger partial charge < -0.3 is 0 Å². The van der Waals surface area contributed by atoms with Crippen molar-refractivity contribution in [2.24, 2.45) is 0 Å². The molecule has 0 bridgehead atoms. The van der Waals surface area contributed by atoms with Crippen molar-refractivity contribution < 1.29 is 9.18 Å².